The molecule has 2 N–H and O–H groups in total. The van der Waals surface area contributed by atoms with Crippen molar-refractivity contribution in [2.24, 2.45) is 0 Å². The predicted octanol–water partition coefficient (Wildman–Crippen LogP) is 1.60. The van der Waals surface area contributed by atoms with Crippen LogP contribution in [-0.2, 0) is 0 Å². The van der Waals surface area contributed by atoms with E-state index in [-0.39, 0.29) is 5.95 Å². The van der Waals surface area contributed by atoms with Crippen LogP contribution >= 0.6 is 0 Å². The van der Waals surface area contributed by atoms with Crippen molar-refractivity contribution < 1.29 is 0 Å². The summed E-state index contributed by atoms with van der Waals surface area (Å²) in [6.45, 7) is 0. The van der Waals surface area contributed by atoms with Gasteiger partial charge in [0.25, 0.3) is 0 Å². The highest BCUT2D eigenvalue weighted by atomic mass is 15.0. The van der Waals surface area contributed by atoms with Gasteiger partial charge < -0.3 is 5.73 Å². The van der Waals surface area contributed by atoms with Crippen molar-refractivity contribution in [3.05, 3.63) is 42.1 Å². The molecule has 0 fully saturated rings. The molecule has 0 saturated heterocycles. The monoisotopic (exact) mass is 196 g/mol. The van der Waals surface area contributed by atoms with E-state index < -0.39 is 0 Å². The third kappa shape index (κ3) is 1.92. The molecule has 0 aliphatic rings. The van der Waals surface area contributed by atoms with Crippen LogP contribution < -0.4 is 5.73 Å². The van der Waals surface area contributed by atoms with Crippen molar-refractivity contribution in [2.75, 3.05) is 5.73 Å². The van der Waals surface area contributed by atoms with Crippen LogP contribution in [0.2, 0.25) is 0 Å². The Bertz CT molecular complexity index is 511. The van der Waals surface area contributed by atoms with Crippen LogP contribution in [0, 0.1) is 11.3 Å². The van der Waals surface area contributed by atoms with E-state index in [4.69, 9.17) is 11.0 Å². The Hall–Kier alpha value is -2.41. The first kappa shape index (κ1) is 9.16. The van der Waals surface area contributed by atoms with Gasteiger partial charge in [-0.1, -0.05) is 12.1 Å². The Morgan fingerprint density at radius 2 is 1.87 bits per heavy atom. The van der Waals surface area contributed by atoms with Crippen LogP contribution in [0.4, 0.5) is 5.95 Å². The van der Waals surface area contributed by atoms with Gasteiger partial charge in [-0.3, -0.25) is 0 Å². The van der Waals surface area contributed by atoms with Crippen LogP contribution in [-0.4, -0.2) is 9.97 Å². The highest BCUT2D eigenvalue weighted by molar-refractivity contribution is 5.60. The van der Waals surface area contributed by atoms with E-state index in [1.165, 1.54) is 0 Å². The molecule has 0 aliphatic carbocycles. The van der Waals surface area contributed by atoms with Crippen LogP contribution in [0.1, 0.15) is 5.56 Å². The zero-order chi connectivity index (χ0) is 10.7. The number of anilines is 1. The van der Waals surface area contributed by atoms with E-state index in [2.05, 4.69) is 16.0 Å². The lowest BCUT2D eigenvalue weighted by molar-refractivity contribution is 1.19. The van der Waals surface area contributed by atoms with Gasteiger partial charge in [-0.05, 0) is 18.2 Å². The van der Waals surface area contributed by atoms with Crippen molar-refractivity contribution >= 4 is 5.95 Å². The summed E-state index contributed by atoms with van der Waals surface area (Å²) in [6, 6.07) is 11.0. The SMILES string of the molecule is N#Cc1ccc(-c2ccnc(N)n2)cc1. The van der Waals surface area contributed by atoms with Crippen molar-refractivity contribution in [3.63, 3.8) is 0 Å². The summed E-state index contributed by atoms with van der Waals surface area (Å²) in [6.07, 6.45) is 1.61. The standard InChI is InChI=1S/C11H8N4/c12-7-8-1-3-9(4-2-8)10-5-6-14-11(13)15-10/h1-6H,(H2,13,14,15). The summed E-state index contributed by atoms with van der Waals surface area (Å²) in [5, 5.41) is 8.65. The number of nitrogens with two attached hydrogens (primary N) is 1. The molecule has 4 nitrogen and oxygen atoms in total. The molecule has 72 valence electrons. The fourth-order valence-electron chi connectivity index (χ4n) is 1.25. The van der Waals surface area contributed by atoms with Gasteiger partial charge >= 0.3 is 0 Å². The molecule has 2 aromatic rings. The maximum Gasteiger partial charge on any atom is 0.220 e. The molecular formula is C11H8N4. The van der Waals surface area contributed by atoms with Crippen molar-refractivity contribution in [2.45, 2.75) is 0 Å². The minimum absolute atomic E-state index is 0.247. The van der Waals surface area contributed by atoms with Gasteiger partial charge in [0.05, 0.1) is 17.3 Å². The van der Waals surface area contributed by atoms with Crippen LogP contribution in [0.15, 0.2) is 36.5 Å². The summed E-state index contributed by atoms with van der Waals surface area (Å²) in [5.41, 5.74) is 7.78. The Morgan fingerprint density at radius 3 is 2.47 bits per heavy atom. The summed E-state index contributed by atoms with van der Waals surface area (Å²) in [7, 11) is 0. The molecule has 0 aliphatic heterocycles. The van der Waals surface area contributed by atoms with Gasteiger partial charge in [0.1, 0.15) is 0 Å². The first-order chi connectivity index (χ1) is 7.29. The number of nitrogen functional groups attached to an aromatic ring is 1. The molecule has 1 heterocycles. The minimum Gasteiger partial charge on any atom is -0.368 e. The zero-order valence-corrected chi connectivity index (χ0v) is 7.88. The second-order valence-corrected chi connectivity index (χ2v) is 2.99. The molecule has 0 spiro atoms. The fraction of sp³-hybridized carbons (Fsp3) is 0. The summed E-state index contributed by atoms with van der Waals surface area (Å²) in [4.78, 5) is 7.90. The maximum atomic E-state index is 8.65. The van der Waals surface area contributed by atoms with Gasteiger partial charge in [-0.15, -0.1) is 0 Å². The Balaban J connectivity index is 2.42. The highest BCUT2D eigenvalue weighted by Crippen LogP contribution is 2.17. The van der Waals surface area contributed by atoms with Gasteiger partial charge in [0, 0.05) is 11.8 Å². The topological polar surface area (TPSA) is 75.6 Å². The largest absolute Gasteiger partial charge is 0.368 e. The maximum absolute atomic E-state index is 8.65. The number of aromatic nitrogens is 2. The van der Waals surface area contributed by atoms with Crippen molar-refractivity contribution in [3.8, 4) is 17.3 Å². The van der Waals surface area contributed by atoms with Gasteiger partial charge in [0.2, 0.25) is 5.95 Å². The summed E-state index contributed by atoms with van der Waals surface area (Å²) < 4.78 is 0. The smallest absolute Gasteiger partial charge is 0.220 e. The molecule has 15 heavy (non-hydrogen) atoms. The van der Waals surface area contributed by atoms with Gasteiger partial charge in [-0.25, -0.2) is 9.97 Å². The van der Waals surface area contributed by atoms with E-state index in [1.54, 1.807) is 24.4 Å². The third-order valence-electron chi connectivity index (χ3n) is 1.98. The number of hydrogen-bond acceptors (Lipinski definition) is 4. The second-order valence-electron chi connectivity index (χ2n) is 2.99. The predicted molar refractivity (Wildman–Crippen MR) is 56.6 cm³/mol. The lowest BCUT2D eigenvalue weighted by atomic mass is 10.1. The highest BCUT2D eigenvalue weighted by Gasteiger charge is 1.99. The molecule has 1 aromatic carbocycles. The number of rotatable bonds is 1. The van der Waals surface area contributed by atoms with Crippen LogP contribution in [0.3, 0.4) is 0 Å². The average molecular weight is 196 g/mol. The molecule has 1 aromatic heterocycles. The molecule has 0 bridgehead atoms. The van der Waals surface area contributed by atoms with Gasteiger partial charge in [-0.2, -0.15) is 5.26 Å². The quantitative estimate of drug-likeness (QED) is 0.751. The molecule has 2 rings (SSSR count). The normalized spacial score (nSPS) is 9.53. The van der Waals surface area contributed by atoms with Crippen molar-refractivity contribution in [1.82, 2.24) is 9.97 Å². The van der Waals surface area contributed by atoms with E-state index in [9.17, 15) is 0 Å². The summed E-state index contributed by atoms with van der Waals surface area (Å²) >= 11 is 0. The Labute approximate surface area is 87.0 Å². The number of benzene rings is 1. The molecule has 0 radical (unpaired) electrons. The number of nitriles is 1. The van der Waals surface area contributed by atoms with Crippen LogP contribution in [0.5, 0.6) is 0 Å². The second kappa shape index (κ2) is 3.76. The number of nitrogens with zero attached hydrogens (tertiary/aromatic N) is 3. The van der Waals surface area contributed by atoms with E-state index in [0.29, 0.717) is 5.56 Å². The molecule has 4 heteroatoms. The molecule has 0 amide bonds. The molecule has 0 saturated carbocycles. The van der Waals surface area contributed by atoms with Crippen LogP contribution in [0.25, 0.3) is 11.3 Å². The number of hydrogen-bond donors (Lipinski definition) is 1. The first-order valence-corrected chi connectivity index (χ1v) is 4.38. The van der Waals surface area contributed by atoms with Crippen molar-refractivity contribution in [1.29, 1.82) is 5.26 Å². The third-order valence-corrected chi connectivity index (χ3v) is 1.98. The molecule has 0 unspecified atom stereocenters. The lowest BCUT2D eigenvalue weighted by Crippen LogP contribution is -1.94. The van der Waals surface area contributed by atoms with Gasteiger partial charge in [0.15, 0.2) is 0 Å². The first-order valence-electron chi connectivity index (χ1n) is 4.38. The molecular weight excluding hydrogens is 188 g/mol. The Kier molecular flexibility index (Phi) is 2.30. The van der Waals surface area contributed by atoms with E-state index in [1.807, 2.05) is 12.1 Å². The minimum atomic E-state index is 0.247. The molecule has 0 atom stereocenters. The lowest BCUT2D eigenvalue weighted by Gasteiger charge is -2.00. The average Bonchev–Trinajstić information content (AvgIpc) is 2.29. The van der Waals surface area contributed by atoms with E-state index in [0.717, 1.165) is 11.3 Å². The fourth-order valence-corrected chi connectivity index (χ4v) is 1.25. The summed E-state index contributed by atoms with van der Waals surface area (Å²) in [5.74, 6) is 0.247. The zero-order valence-electron chi connectivity index (χ0n) is 7.88. The Morgan fingerprint density at radius 1 is 1.13 bits per heavy atom. The van der Waals surface area contributed by atoms with E-state index >= 15 is 0 Å².